The normalized spacial score (nSPS) is 10.9. The quantitative estimate of drug-likeness (QED) is 0.725. The van der Waals surface area contributed by atoms with E-state index in [-0.39, 0.29) is 30.7 Å². The van der Waals surface area contributed by atoms with E-state index in [4.69, 9.17) is 0 Å². The second-order valence-corrected chi connectivity index (χ2v) is 5.90. The predicted octanol–water partition coefficient (Wildman–Crippen LogP) is 1.54. The number of amides is 2. The SMILES string of the molecule is CCN(CC(=O)NCc1ccc(F)cc1)CC(=O)NCC(C)C. The number of halogens is 1. The molecule has 0 aliphatic heterocycles. The fourth-order valence-electron chi connectivity index (χ4n) is 1.92. The second kappa shape index (κ2) is 9.94. The number of hydrogen-bond acceptors (Lipinski definition) is 3. The second-order valence-electron chi connectivity index (χ2n) is 5.90. The van der Waals surface area contributed by atoms with Gasteiger partial charge in [0, 0.05) is 13.1 Å². The first-order chi connectivity index (χ1) is 10.9. The van der Waals surface area contributed by atoms with Crippen LogP contribution in [0, 0.1) is 11.7 Å². The summed E-state index contributed by atoms with van der Waals surface area (Å²) >= 11 is 0. The molecule has 0 bridgehead atoms. The van der Waals surface area contributed by atoms with E-state index >= 15 is 0 Å². The van der Waals surface area contributed by atoms with E-state index in [0.717, 1.165) is 5.56 Å². The number of nitrogens with zero attached hydrogens (tertiary/aromatic N) is 1. The average Bonchev–Trinajstić information content (AvgIpc) is 2.51. The van der Waals surface area contributed by atoms with Crippen LogP contribution in [-0.2, 0) is 16.1 Å². The smallest absolute Gasteiger partial charge is 0.234 e. The van der Waals surface area contributed by atoms with Crippen LogP contribution < -0.4 is 10.6 Å². The van der Waals surface area contributed by atoms with Crippen molar-refractivity contribution in [3.8, 4) is 0 Å². The fraction of sp³-hybridized carbons (Fsp3) is 0.529. The van der Waals surface area contributed by atoms with Gasteiger partial charge in [-0.2, -0.15) is 0 Å². The lowest BCUT2D eigenvalue weighted by molar-refractivity contribution is -0.125. The monoisotopic (exact) mass is 323 g/mol. The van der Waals surface area contributed by atoms with Gasteiger partial charge in [-0.05, 0) is 30.2 Å². The Morgan fingerprint density at radius 3 is 2.17 bits per heavy atom. The summed E-state index contributed by atoms with van der Waals surface area (Å²) in [5, 5.41) is 5.61. The average molecular weight is 323 g/mol. The summed E-state index contributed by atoms with van der Waals surface area (Å²) in [5.41, 5.74) is 0.831. The third kappa shape index (κ3) is 8.30. The number of hydrogen-bond donors (Lipinski definition) is 2. The van der Waals surface area contributed by atoms with Gasteiger partial charge >= 0.3 is 0 Å². The number of carbonyl (C=O) groups excluding carboxylic acids is 2. The van der Waals surface area contributed by atoms with Gasteiger partial charge in [-0.1, -0.05) is 32.9 Å². The molecule has 2 amide bonds. The minimum Gasteiger partial charge on any atom is -0.355 e. The van der Waals surface area contributed by atoms with Crippen molar-refractivity contribution < 1.29 is 14.0 Å². The highest BCUT2D eigenvalue weighted by molar-refractivity contribution is 5.81. The molecule has 128 valence electrons. The fourth-order valence-corrected chi connectivity index (χ4v) is 1.92. The lowest BCUT2D eigenvalue weighted by Gasteiger charge is -2.19. The molecular weight excluding hydrogens is 297 g/mol. The van der Waals surface area contributed by atoms with Crippen molar-refractivity contribution in [3.63, 3.8) is 0 Å². The zero-order valence-corrected chi connectivity index (χ0v) is 14.1. The molecule has 0 aromatic heterocycles. The molecule has 0 aliphatic rings. The minimum absolute atomic E-state index is 0.0770. The first-order valence-electron chi connectivity index (χ1n) is 7.91. The molecule has 1 aromatic carbocycles. The van der Waals surface area contributed by atoms with Crippen molar-refractivity contribution in [3.05, 3.63) is 35.6 Å². The molecule has 0 fully saturated rings. The van der Waals surface area contributed by atoms with Gasteiger partial charge in [0.25, 0.3) is 0 Å². The molecule has 0 spiro atoms. The molecule has 5 nitrogen and oxygen atoms in total. The van der Waals surface area contributed by atoms with E-state index in [1.807, 2.05) is 20.8 Å². The van der Waals surface area contributed by atoms with Crippen molar-refractivity contribution in [1.29, 1.82) is 0 Å². The van der Waals surface area contributed by atoms with Gasteiger partial charge in [0.1, 0.15) is 5.82 Å². The zero-order valence-electron chi connectivity index (χ0n) is 14.1. The third-order valence-corrected chi connectivity index (χ3v) is 3.29. The summed E-state index contributed by atoms with van der Waals surface area (Å²) in [6, 6.07) is 5.98. The Kier molecular flexibility index (Phi) is 8.26. The highest BCUT2D eigenvalue weighted by Gasteiger charge is 2.13. The maximum Gasteiger partial charge on any atom is 0.234 e. The largest absolute Gasteiger partial charge is 0.355 e. The van der Waals surface area contributed by atoms with Crippen LogP contribution in [0.15, 0.2) is 24.3 Å². The van der Waals surface area contributed by atoms with Crippen LogP contribution >= 0.6 is 0 Å². The van der Waals surface area contributed by atoms with Crippen LogP contribution in [0.2, 0.25) is 0 Å². The highest BCUT2D eigenvalue weighted by atomic mass is 19.1. The summed E-state index contributed by atoms with van der Waals surface area (Å²) in [5.74, 6) is -0.141. The van der Waals surface area contributed by atoms with Gasteiger partial charge in [0.15, 0.2) is 0 Å². The standard InChI is InChI=1S/C17H26FN3O2/c1-4-21(11-16(22)19-9-13(2)3)12-17(23)20-10-14-5-7-15(18)8-6-14/h5-8,13H,4,9-12H2,1-3H3,(H,19,22)(H,20,23). The Hall–Kier alpha value is -1.95. The predicted molar refractivity (Wildman–Crippen MR) is 88.2 cm³/mol. The Balaban J connectivity index is 2.34. The van der Waals surface area contributed by atoms with Gasteiger partial charge in [-0.15, -0.1) is 0 Å². The molecule has 0 radical (unpaired) electrons. The van der Waals surface area contributed by atoms with Crippen molar-refractivity contribution in [1.82, 2.24) is 15.5 Å². The summed E-state index contributed by atoms with van der Waals surface area (Å²) in [7, 11) is 0. The topological polar surface area (TPSA) is 61.4 Å². The van der Waals surface area contributed by atoms with Gasteiger partial charge < -0.3 is 10.6 Å². The van der Waals surface area contributed by atoms with E-state index in [1.165, 1.54) is 12.1 Å². The number of nitrogens with one attached hydrogen (secondary N) is 2. The molecule has 0 aliphatic carbocycles. The molecule has 2 N–H and O–H groups in total. The first kappa shape index (κ1) is 19.1. The van der Waals surface area contributed by atoms with Crippen LogP contribution in [0.25, 0.3) is 0 Å². The molecule has 6 heteroatoms. The van der Waals surface area contributed by atoms with E-state index in [9.17, 15) is 14.0 Å². The van der Waals surface area contributed by atoms with Crippen molar-refractivity contribution in [2.75, 3.05) is 26.2 Å². The Labute approximate surface area is 137 Å². The molecular formula is C17H26FN3O2. The lowest BCUT2D eigenvalue weighted by Crippen LogP contribution is -2.43. The summed E-state index contributed by atoms with van der Waals surface area (Å²) in [4.78, 5) is 25.5. The third-order valence-electron chi connectivity index (χ3n) is 3.29. The molecule has 0 atom stereocenters. The van der Waals surface area contributed by atoms with Crippen molar-refractivity contribution in [2.24, 2.45) is 5.92 Å². The van der Waals surface area contributed by atoms with Gasteiger partial charge in [-0.3, -0.25) is 14.5 Å². The lowest BCUT2D eigenvalue weighted by atomic mass is 10.2. The first-order valence-corrected chi connectivity index (χ1v) is 7.91. The summed E-state index contributed by atoms with van der Waals surface area (Å²) in [6.07, 6.45) is 0. The Bertz CT molecular complexity index is 503. The summed E-state index contributed by atoms with van der Waals surface area (Å²) < 4.78 is 12.8. The van der Waals surface area contributed by atoms with Crippen molar-refractivity contribution >= 4 is 11.8 Å². The van der Waals surface area contributed by atoms with E-state index < -0.39 is 0 Å². The van der Waals surface area contributed by atoms with E-state index in [1.54, 1.807) is 17.0 Å². The minimum atomic E-state index is -0.301. The maximum atomic E-state index is 12.8. The van der Waals surface area contributed by atoms with E-state index in [0.29, 0.717) is 25.6 Å². The van der Waals surface area contributed by atoms with Crippen LogP contribution in [-0.4, -0.2) is 42.9 Å². The highest BCUT2D eigenvalue weighted by Crippen LogP contribution is 2.02. The molecule has 0 saturated carbocycles. The van der Waals surface area contributed by atoms with Crippen LogP contribution in [0.4, 0.5) is 4.39 Å². The molecule has 0 unspecified atom stereocenters. The van der Waals surface area contributed by atoms with Crippen LogP contribution in [0.3, 0.4) is 0 Å². The van der Waals surface area contributed by atoms with E-state index in [2.05, 4.69) is 10.6 Å². The van der Waals surface area contributed by atoms with Crippen molar-refractivity contribution in [2.45, 2.75) is 27.3 Å². The molecule has 23 heavy (non-hydrogen) atoms. The molecule has 0 saturated heterocycles. The Morgan fingerprint density at radius 2 is 1.65 bits per heavy atom. The van der Waals surface area contributed by atoms with Gasteiger partial charge in [0.05, 0.1) is 13.1 Å². The van der Waals surface area contributed by atoms with Crippen LogP contribution in [0.1, 0.15) is 26.3 Å². The maximum absolute atomic E-state index is 12.8. The Morgan fingerprint density at radius 1 is 1.09 bits per heavy atom. The molecule has 0 heterocycles. The molecule has 1 rings (SSSR count). The zero-order chi connectivity index (χ0) is 17.2. The van der Waals surface area contributed by atoms with Crippen LogP contribution in [0.5, 0.6) is 0 Å². The van der Waals surface area contributed by atoms with Gasteiger partial charge in [-0.25, -0.2) is 4.39 Å². The number of rotatable bonds is 9. The number of likely N-dealkylation sites (N-methyl/N-ethyl adjacent to an activating group) is 1. The molecule has 1 aromatic rings. The number of carbonyl (C=O) groups is 2. The summed E-state index contributed by atoms with van der Waals surface area (Å²) in [6.45, 7) is 7.91. The van der Waals surface area contributed by atoms with Gasteiger partial charge in [0.2, 0.25) is 11.8 Å². The number of benzene rings is 1.